The monoisotopic (exact) mass is 192 g/mol. The van der Waals surface area contributed by atoms with E-state index in [1.165, 1.54) is 11.1 Å². The van der Waals surface area contributed by atoms with Crippen LogP contribution in [0.15, 0.2) is 12.1 Å². The summed E-state index contributed by atoms with van der Waals surface area (Å²) in [5.74, 6) is 1.75. The van der Waals surface area contributed by atoms with E-state index in [2.05, 4.69) is 39.8 Å². The fourth-order valence-corrected chi connectivity index (χ4v) is 1.85. The molecule has 0 unspecified atom stereocenters. The highest BCUT2D eigenvalue weighted by atomic mass is 16.7. The maximum atomic E-state index is 5.37. The molecule has 14 heavy (non-hydrogen) atoms. The van der Waals surface area contributed by atoms with E-state index in [0.717, 1.165) is 11.5 Å². The van der Waals surface area contributed by atoms with Crippen LogP contribution >= 0.6 is 0 Å². The van der Waals surface area contributed by atoms with Crippen molar-refractivity contribution >= 4 is 0 Å². The lowest BCUT2D eigenvalue weighted by atomic mass is 9.84. The quantitative estimate of drug-likeness (QED) is 0.629. The van der Waals surface area contributed by atoms with Crippen molar-refractivity contribution in [3.05, 3.63) is 23.3 Å². The van der Waals surface area contributed by atoms with Crippen LogP contribution in [0.2, 0.25) is 0 Å². The molecule has 2 heteroatoms. The van der Waals surface area contributed by atoms with Crippen LogP contribution in [-0.4, -0.2) is 6.79 Å². The molecule has 0 atom stereocenters. The normalized spacial score (nSPS) is 14.6. The highest BCUT2D eigenvalue weighted by Crippen LogP contribution is 2.38. The molecule has 0 spiro atoms. The van der Waals surface area contributed by atoms with Crippen molar-refractivity contribution < 1.29 is 9.47 Å². The van der Waals surface area contributed by atoms with Gasteiger partial charge in [-0.05, 0) is 35.6 Å². The van der Waals surface area contributed by atoms with E-state index in [1.54, 1.807) is 0 Å². The lowest BCUT2D eigenvalue weighted by Crippen LogP contribution is -2.12. The number of fused-ring (bicyclic) bond motifs is 1. The predicted molar refractivity (Wildman–Crippen MR) is 56.0 cm³/mol. The van der Waals surface area contributed by atoms with Gasteiger partial charge >= 0.3 is 0 Å². The zero-order chi connectivity index (χ0) is 10.3. The van der Waals surface area contributed by atoms with E-state index in [1.807, 2.05) is 0 Å². The van der Waals surface area contributed by atoms with Crippen molar-refractivity contribution in [3.8, 4) is 11.5 Å². The Balaban J connectivity index is 2.53. The number of hydrogen-bond donors (Lipinski definition) is 0. The molecule has 0 bridgehead atoms. The van der Waals surface area contributed by atoms with Crippen LogP contribution in [0.3, 0.4) is 0 Å². The molecule has 0 radical (unpaired) electrons. The molecule has 1 aromatic carbocycles. The molecule has 0 aromatic heterocycles. The minimum Gasteiger partial charge on any atom is -0.454 e. The van der Waals surface area contributed by atoms with Crippen LogP contribution in [0.1, 0.15) is 31.9 Å². The van der Waals surface area contributed by atoms with Crippen LogP contribution in [0.25, 0.3) is 0 Å². The number of ether oxygens (including phenoxy) is 2. The molecular weight excluding hydrogens is 176 g/mol. The summed E-state index contributed by atoms with van der Waals surface area (Å²) >= 11 is 0. The zero-order valence-corrected chi connectivity index (χ0v) is 9.18. The van der Waals surface area contributed by atoms with Crippen LogP contribution < -0.4 is 9.47 Å². The minimum atomic E-state index is 0.158. The second-order valence-corrected chi connectivity index (χ2v) is 4.77. The first-order valence-corrected chi connectivity index (χ1v) is 4.89. The summed E-state index contributed by atoms with van der Waals surface area (Å²) in [7, 11) is 0. The third-order valence-electron chi connectivity index (χ3n) is 2.53. The highest BCUT2D eigenvalue weighted by molar-refractivity contribution is 5.50. The second kappa shape index (κ2) is 2.91. The van der Waals surface area contributed by atoms with Gasteiger partial charge in [-0.2, -0.15) is 0 Å². The Bertz CT molecular complexity index is 361. The Morgan fingerprint density at radius 2 is 1.64 bits per heavy atom. The van der Waals surface area contributed by atoms with Gasteiger partial charge < -0.3 is 9.47 Å². The van der Waals surface area contributed by atoms with E-state index in [4.69, 9.17) is 9.47 Å². The molecular formula is C12H16O2. The number of rotatable bonds is 0. The Kier molecular flexibility index (Phi) is 1.95. The number of benzene rings is 1. The largest absolute Gasteiger partial charge is 0.454 e. The van der Waals surface area contributed by atoms with Gasteiger partial charge in [-0.15, -0.1) is 0 Å². The van der Waals surface area contributed by atoms with Crippen molar-refractivity contribution in [2.75, 3.05) is 6.79 Å². The molecule has 0 N–H and O–H groups in total. The van der Waals surface area contributed by atoms with Crippen molar-refractivity contribution in [3.63, 3.8) is 0 Å². The molecule has 0 fully saturated rings. The summed E-state index contributed by atoms with van der Waals surface area (Å²) in [6, 6.07) is 4.15. The number of aryl methyl sites for hydroxylation is 1. The molecule has 1 aromatic rings. The van der Waals surface area contributed by atoms with E-state index in [0.29, 0.717) is 6.79 Å². The Morgan fingerprint density at radius 1 is 1.07 bits per heavy atom. The van der Waals surface area contributed by atoms with Gasteiger partial charge in [0.1, 0.15) is 0 Å². The van der Waals surface area contributed by atoms with Crippen LogP contribution in [0.5, 0.6) is 11.5 Å². The lowest BCUT2D eigenvalue weighted by Gasteiger charge is -2.21. The van der Waals surface area contributed by atoms with E-state index in [-0.39, 0.29) is 5.41 Å². The molecule has 1 heterocycles. The van der Waals surface area contributed by atoms with Gasteiger partial charge in [-0.25, -0.2) is 0 Å². The van der Waals surface area contributed by atoms with Crippen molar-refractivity contribution in [2.45, 2.75) is 33.1 Å². The average molecular weight is 192 g/mol. The van der Waals surface area contributed by atoms with Gasteiger partial charge in [-0.1, -0.05) is 20.8 Å². The second-order valence-electron chi connectivity index (χ2n) is 4.77. The zero-order valence-electron chi connectivity index (χ0n) is 9.18. The van der Waals surface area contributed by atoms with Gasteiger partial charge in [0.2, 0.25) is 6.79 Å². The smallest absolute Gasteiger partial charge is 0.231 e. The standard InChI is InChI=1S/C12H16O2/c1-8-5-10-11(14-7-13-10)6-9(8)12(2,3)4/h5-6H,7H2,1-4H3. The number of hydrogen-bond acceptors (Lipinski definition) is 2. The molecule has 1 aliphatic heterocycles. The topological polar surface area (TPSA) is 18.5 Å². The van der Waals surface area contributed by atoms with E-state index >= 15 is 0 Å². The summed E-state index contributed by atoms with van der Waals surface area (Å²) < 4.78 is 10.7. The fourth-order valence-electron chi connectivity index (χ4n) is 1.85. The summed E-state index contributed by atoms with van der Waals surface area (Å²) in [5.41, 5.74) is 2.74. The maximum Gasteiger partial charge on any atom is 0.231 e. The Hall–Kier alpha value is -1.18. The third kappa shape index (κ3) is 1.45. The van der Waals surface area contributed by atoms with Gasteiger partial charge in [0.15, 0.2) is 11.5 Å². The van der Waals surface area contributed by atoms with Gasteiger partial charge in [-0.3, -0.25) is 0 Å². The molecule has 2 nitrogen and oxygen atoms in total. The molecule has 76 valence electrons. The molecule has 2 rings (SSSR count). The van der Waals surface area contributed by atoms with Crippen molar-refractivity contribution in [1.82, 2.24) is 0 Å². The molecule has 1 aliphatic rings. The SMILES string of the molecule is Cc1cc2c(cc1C(C)(C)C)OCO2. The molecule has 0 aliphatic carbocycles. The summed E-state index contributed by atoms with van der Waals surface area (Å²) in [5, 5.41) is 0. The summed E-state index contributed by atoms with van der Waals surface area (Å²) in [6.07, 6.45) is 0. The van der Waals surface area contributed by atoms with Crippen LogP contribution in [0.4, 0.5) is 0 Å². The predicted octanol–water partition coefficient (Wildman–Crippen LogP) is 3.02. The van der Waals surface area contributed by atoms with Gasteiger partial charge in [0.25, 0.3) is 0 Å². The van der Waals surface area contributed by atoms with E-state index < -0.39 is 0 Å². The highest BCUT2D eigenvalue weighted by Gasteiger charge is 2.22. The Morgan fingerprint density at radius 3 is 2.21 bits per heavy atom. The molecule has 0 saturated carbocycles. The fraction of sp³-hybridized carbons (Fsp3) is 0.500. The summed E-state index contributed by atoms with van der Waals surface area (Å²) in [4.78, 5) is 0. The van der Waals surface area contributed by atoms with Crippen LogP contribution in [0, 0.1) is 6.92 Å². The molecule has 0 saturated heterocycles. The van der Waals surface area contributed by atoms with Gasteiger partial charge in [0, 0.05) is 0 Å². The van der Waals surface area contributed by atoms with Crippen molar-refractivity contribution in [1.29, 1.82) is 0 Å². The van der Waals surface area contributed by atoms with Crippen LogP contribution in [-0.2, 0) is 5.41 Å². The van der Waals surface area contributed by atoms with Crippen molar-refractivity contribution in [2.24, 2.45) is 0 Å². The first-order chi connectivity index (χ1) is 6.48. The van der Waals surface area contributed by atoms with Gasteiger partial charge in [0.05, 0.1) is 0 Å². The lowest BCUT2D eigenvalue weighted by molar-refractivity contribution is 0.174. The minimum absolute atomic E-state index is 0.158. The van der Waals surface area contributed by atoms with E-state index in [9.17, 15) is 0 Å². The molecule has 0 amide bonds. The average Bonchev–Trinajstić information content (AvgIpc) is 2.47. The maximum absolute atomic E-state index is 5.37. The first kappa shape index (κ1) is 9.38. The first-order valence-electron chi connectivity index (χ1n) is 4.89. The Labute approximate surface area is 84.8 Å². The summed E-state index contributed by atoms with van der Waals surface area (Å²) in [6.45, 7) is 9.08. The third-order valence-corrected chi connectivity index (χ3v) is 2.53.